The number of esters is 1. The molecule has 2 N–H and O–H groups in total. The Morgan fingerprint density at radius 2 is 2.44 bits per heavy atom. The zero-order chi connectivity index (χ0) is 11.5. The van der Waals surface area contributed by atoms with Crippen LogP contribution in [0.3, 0.4) is 0 Å². The molecule has 2 heterocycles. The SMILES string of the molecule is COC(=O)c1ncn(Cc2ncon2)c1N. The van der Waals surface area contributed by atoms with E-state index in [0.717, 1.165) is 0 Å². The highest BCUT2D eigenvalue weighted by molar-refractivity contribution is 5.92. The summed E-state index contributed by atoms with van der Waals surface area (Å²) in [5, 5.41) is 3.62. The molecule has 2 aromatic rings. The molecule has 0 atom stereocenters. The molecular weight excluding hydrogens is 214 g/mol. The minimum absolute atomic E-state index is 0.0750. The number of aromatic nitrogens is 4. The number of anilines is 1. The molecule has 84 valence electrons. The Kier molecular flexibility index (Phi) is 2.54. The third-order valence-corrected chi connectivity index (χ3v) is 1.98. The molecule has 0 spiro atoms. The van der Waals surface area contributed by atoms with Crippen LogP contribution in [0.25, 0.3) is 0 Å². The van der Waals surface area contributed by atoms with Crippen LogP contribution in [0.2, 0.25) is 0 Å². The van der Waals surface area contributed by atoms with Crippen molar-refractivity contribution in [3.8, 4) is 0 Å². The zero-order valence-electron chi connectivity index (χ0n) is 8.45. The molecule has 0 aliphatic carbocycles. The molecule has 0 amide bonds. The smallest absolute Gasteiger partial charge is 0.360 e. The monoisotopic (exact) mass is 223 g/mol. The first-order chi connectivity index (χ1) is 7.72. The summed E-state index contributed by atoms with van der Waals surface area (Å²) in [5.41, 5.74) is 5.78. The number of ether oxygens (including phenoxy) is 1. The molecule has 0 bridgehead atoms. The normalized spacial score (nSPS) is 10.3. The van der Waals surface area contributed by atoms with Gasteiger partial charge >= 0.3 is 5.97 Å². The first kappa shape index (κ1) is 10.1. The van der Waals surface area contributed by atoms with E-state index in [0.29, 0.717) is 5.82 Å². The van der Waals surface area contributed by atoms with Crippen LogP contribution < -0.4 is 5.73 Å². The number of hydrogen-bond donors (Lipinski definition) is 1. The van der Waals surface area contributed by atoms with Crippen LogP contribution in [0.1, 0.15) is 16.3 Å². The predicted molar refractivity (Wildman–Crippen MR) is 51.4 cm³/mol. The number of rotatable bonds is 3. The van der Waals surface area contributed by atoms with Crippen molar-refractivity contribution in [1.82, 2.24) is 19.7 Å². The number of methoxy groups -OCH3 is 1. The highest BCUT2D eigenvalue weighted by Crippen LogP contribution is 2.12. The maximum atomic E-state index is 11.2. The Balaban J connectivity index is 2.23. The zero-order valence-corrected chi connectivity index (χ0v) is 8.45. The second kappa shape index (κ2) is 4.01. The van der Waals surface area contributed by atoms with Gasteiger partial charge in [0.2, 0.25) is 6.39 Å². The number of nitrogen functional groups attached to an aromatic ring is 1. The van der Waals surface area contributed by atoms with E-state index in [2.05, 4.69) is 24.4 Å². The number of imidazole rings is 1. The van der Waals surface area contributed by atoms with Gasteiger partial charge in [0.1, 0.15) is 5.82 Å². The lowest BCUT2D eigenvalue weighted by Gasteiger charge is -2.01. The van der Waals surface area contributed by atoms with Gasteiger partial charge in [0.15, 0.2) is 11.5 Å². The van der Waals surface area contributed by atoms with Crippen LogP contribution >= 0.6 is 0 Å². The van der Waals surface area contributed by atoms with Crippen LogP contribution in [-0.4, -0.2) is 32.8 Å². The van der Waals surface area contributed by atoms with Gasteiger partial charge < -0.3 is 19.6 Å². The first-order valence-corrected chi connectivity index (χ1v) is 4.36. The van der Waals surface area contributed by atoms with Crippen molar-refractivity contribution < 1.29 is 14.1 Å². The number of carbonyl (C=O) groups excluding carboxylic acids is 1. The standard InChI is InChI=1S/C8H9N5O3/c1-15-8(14)6-7(9)13(3-10-6)2-5-11-4-16-12-5/h3-4H,2,9H2,1H3. The highest BCUT2D eigenvalue weighted by Gasteiger charge is 2.16. The third-order valence-electron chi connectivity index (χ3n) is 1.98. The topological polar surface area (TPSA) is 109 Å². The molecule has 0 aliphatic heterocycles. The third kappa shape index (κ3) is 1.72. The van der Waals surface area contributed by atoms with Crippen molar-refractivity contribution in [3.05, 3.63) is 24.2 Å². The molecule has 8 nitrogen and oxygen atoms in total. The van der Waals surface area contributed by atoms with Crippen LogP contribution in [0.5, 0.6) is 0 Å². The van der Waals surface area contributed by atoms with Crippen molar-refractivity contribution in [2.45, 2.75) is 6.54 Å². The summed E-state index contributed by atoms with van der Waals surface area (Å²) in [7, 11) is 1.26. The maximum absolute atomic E-state index is 11.2. The van der Waals surface area contributed by atoms with Crippen LogP contribution in [0.15, 0.2) is 17.2 Å². The van der Waals surface area contributed by atoms with Crippen molar-refractivity contribution in [2.75, 3.05) is 12.8 Å². The molecule has 8 heteroatoms. The quantitative estimate of drug-likeness (QED) is 0.710. The van der Waals surface area contributed by atoms with Gasteiger partial charge in [-0.15, -0.1) is 0 Å². The second-order valence-corrected chi connectivity index (χ2v) is 2.95. The lowest BCUT2D eigenvalue weighted by atomic mass is 10.4. The maximum Gasteiger partial charge on any atom is 0.360 e. The predicted octanol–water partition coefficient (Wildman–Crippen LogP) is -0.317. The van der Waals surface area contributed by atoms with E-state index >= 15 is 0 Å². The second-order valence-electron chi connectivity index (χ2n) is 2.95. The summed E-state index contributed by atoms with van der Waals surface area (Å²) in [5.74, 6) is 0.0709. The van der Waals surface area contributed by atoms with Crippen molar-refractivity contribution in [1.29, 1.82) is 0 Å². The van der Waals surface area contributed by atoms with E-state index in [9.17, 15) is 4.79 Å². The molecule has 2 rings (SSSR count). The average molecular weight is 223 g/mol. The molecule has 0 saturated heterocycles. The van der Waals surface area contributed by atoms with Gasteiger partial charge in [-0.1, -0.05) is 5.16 Å². The van der Waals surface area contributed by atoms with Gasteiger partial charge in [-0.05, 0) is 0 Å². The lowest BCUT2D eigenvalue weighted by molar-refractivity contribution is 0.0596. The van der Waals surface area contributed by atoms with E-state index in [-0.39, 0.29) is 18.1 Å². The summed E-state index contributed by atoms with van der Waals surface area (Å²) in [6, 6.07) is 0. The Labute approximate surface area is 90.0 Å². The minimum Gasteiger partial charge on any atom is -0.464 e. The molecule has 0 unspecified atom stereocenters. The molecule has 0 saturated carbocycles. The molecule has 0 fully saturated rings. The van der Waals surface area contributed by atoms with Crippen LogP contribution in [0.4, 0.5) is 5.82 Å². The van der Waals surface area contributed by atoms with Gasteiger partial charge in [-0.2, -0.15) is 4.98 Å². The molecule has 0 aliphatic rings. The van der Waals surface area contributed by atoms with Crippen molar-refractivity contribution in [2.24, 2.45) is 0 Å². The fourth-order valence-electron chi connectivity index (χ4n) is 1.19. The summed E-state index contributed by atoms with van der Waals surface area (Å²) in [6.45, 7) is 0.284. The number of nitrogens with zero attached hydrogens (tertiary/aromatic N) is 4. The average Bonchev–Trinajstić information content (AvgIpc) is 2.90. The van der Waals surface area contributed by atoms with E-state index in [1.807, 2.05) is 0 Å². The number of nitrogens with two attached hydrogens (primary N) is 1. The molecule has 0 aromatic carbocycles. The van der Waals surface area contributed by atoms with Crippen molar-refractivity contribution in [3.63, 3.8) is 0 Å². The summed E-state index contributed by atoms with van der Waals surface area (Å²) in [4.78, 5) is 18.9. The minimum atomic E-state index is -0.579. The van der Waals surface area contributed by atoms with Gasteiger partial charge in [0.05, 0.1) is 20.0 Å². The lowest BCUT2D eigenvalue weighted by Crippen LogP contribution is -2.09. The number of hydrogen-bond acceptors (Lipinski definition) is 7. The molecular formula is C8H9N5O3. The van der Waals surface area contributed by atoms with Gasteiger partial charge in [0.25, 0.3) is 0 Å². The number of carbonyl (C=O) groups is 1. The van der Waals surface area contributed by atoms with E-state index in [1.165, 1.54) is 24.4 Å². The first-order valence-electron chi connectivity index (χ1n) is 4.36. The Bertz CT molecular complexity index is 490. The van der Waals surface area contributed by atoms with Gasteiger partial charge in [0, 0.05) is 0 Å². The van der Waals surface area contributed by atoms with Gasteiger partial charge in [-0.3, -0.25) is 0 Å². The van der Waals surface area contributed by atoms with E-state index in [1.54, 1.807) is 0 Å². The summed E-state index contributed by atoms with van der Waals surface area (Å²) in [6.07, 6.45) is 2.63. The molecule has 2 aromatic heterocycles. The largest absolute Gasteiger partial charge is 0.464 e. The van der Waals surface area contributed by atoms with Crippen LogP contribution in [-0.2, 0) is 11.3 Å². The van der Waals surface area contributed by atoms with Crippen LogP contribution in [0, 0.1) is 0 Å². The molecule has 0 radical (unpaired) electrons. The van der Waals surface area contributed by atoms with Crippen molar-refractivity contribution >= 4 is 11.8 Å². The van der Waals surface area contributed by atoms with E-state index < -0.39 is 5.97 Å². The Hall–Kier alpha value is -2.38. The molecule has 16 heavy (non-hydrogen) atoms. The van der Waals surface area contributed by atoms with E-state index in [4.69, 9.17) is 5.73 Å². The summed E-state index contributed by atoms with van der Waals surface area (Å²) >= 11 is 0. The Morgan fingerprint density at radius 1 is 1.62 bits per heavy atom. The summed E-state index contributed by atoms with van der Waals surface area (Å²) < 4.78 is 10.6. The highest BCUT2D eigenvalue weighted by atomic mass is 16.5. The fourth-order valence-corrected chi connectivity index (χ4v) is 1.19. The Morgan fingerprint density at radius 3 is 3.06 bits per heavy atom. The fraction of sp³-hybridized carbons (Fsp3) is 0.250. The van der Waals surface area contributed by atoms with Gasteiger partial charge in [-0.25, -0.2) is 9.78 Å².